The molecule has 112 valence electrons. The molecule has 2 aromatic heterocycles. The molecule has 0 saturated carbocycles. The van der Waals surface area contributed by atoms with Gasteiger partial charge in [0.05, 0.1) is 5.69 Å². The van der Waals surface area contributed by atoms with Gasteiger partial charge >= 0.3 is 0 Å². The molecule has 7 heteroatoms. The number of hydrogen-bond donors (Lipinski definition) is 1. The van der Waals surface area contributed by atoms with Crippen molar-refractivity contribution in [3.05, 3.63) is 60.2 Å². The Hall–Kier alpha value is -2.96. The third-order valence-electron chi connectivity index (χ3n) is 3.01. The Morgan fingerprint density at radius 1 is 1.18 bits per heavy atom. The van der Waals surface area contributed by atoms with E-state index in [9.17, 15) is 8.87 Å². The smallest absolute Gasteiger partial charge is 0.238 e. The highest BCUT2D eigenvalue weighted by atomic mass is 19.2. The summed E-state index contributed by atoms with van der Waals surface area (Å²) in [6.07, 6.45) is 3.06. The molecule has 0 fully saturated rings. The molecule has 1 aromatic carbocycles. The number of ether oxygens (including phenoxy) is 1. The number of anilines is 1. The van der Waals surface area contributed by atoms with E-state index in [-0.39, 0.29) is 5.82 Å². The molecule has 0 aliphatic heterocycles. The number of hydrogen-bond acceptors (Lipinski definition) is 4. The van der Waals surface area contributed by atoms with E-state index in [1.807, 2.05) is 0 Å². The Morgan fingerprint density at radius 3 is 2.64 bits per heavy atom. The van der Waals surface area contributed by atoms with Crippen molar-refractivity contribution in [2.45, 2.75) is 6.92 Å². The van der Waals surface area contributed by atoms with E-state index >= 15 is 0 Å². The van der Waals surface area contributed by atoms with Crippen LogP contribution in [0.15, 0.2) is 48.8 Å². The van der Waals surface area contributed by atoms with Crippen LogP contribution in [-0.2, 0) is 0 Å². The van der Waals surface area contributed by atoms with Crippen LogP contribution in [0.3, 0.4) is 0 Å². The van der Waals surface area contributed by atoms with Crippen molar-refractivity contribution < 1.29 is 13.6 Å². The highest BCUT2D eigenvalue weighted by molar-refractivity contribution is 5.45. The Labute approximate surface area is 125 Å². The summed E-state index contributed by atoms with van der Waals surface area (Å²) in [6.45, 7) is 1.64. The van der Waals surface area contributed by atoms with Gasteiger partial charge in [-0.05, 0) is 31.2 Å². The van der Waals surface area contributed by atoms with E-state index in [1.165, 1.54) is 34.6 Å². The lowest BCUT2D eigenvalue weighted by Crippen LogP contribution is -2.00. The fourth-order valence-corrected chi connectivity index (χ4v) is 1.81. The van der Waals surface area contributed by atoms with Crippen molar-refractivity contribution in [1.82, 2.24) is 14.8 Å². The summed E-state index contributed by atoms with van der Waals surface area (Å²) in [5.74, 6) is 0.836. The zero-order chi connectivity index (χ0) is 15.5. The third-order valence-corrected chi connectivity index (χ3v) is 3.01. The van der Waals surface area contributed by atoms with Gasteiger partial charge in [-0.3, -0.25) is 0 Å². The largest absolute Gasteiger partial charge is 0.438 e. The molecule has 0 aliphatic rings. The summed E-state index contributed by atoms with van der Waals surface area (Å²) < 4.78 is 32.7. The molecule has 0 radical (unpaired) electrons. The molecule has 0 saturated heterocycles. The topological polar surface area (TPSA) is 52.0 Å². The van der Waals surface area contributed by atoms with Gasteiger partial charge in [-0.15, -0.1) is 9.58 Å². The van der Waals surface area contributed by atoms with Gasteiger partial charge in [-0.2, -0.15) is 0 Å². The van der Waals surface area contributed by atoms with Gasteiger partial charge in [0.2, 0.25) is 5.88 Å². The second kappa shape index (κ2) is 5.80. The molecule has 0 unspecified atom stereocenters. The molecule has 22 heavy (non-hydrogen) atoms. The molecule has 3 rings (SSSR count). The normalized spacial score (nSPS) is 10.5. The molecular weight excluding hydrogens is 290 g/mol. The molecule has 0 atom stereocenters. The monoisotopic (exact) mass is 302 g/mol. The number of aryl methyl sites for hydroxylation is 1. The van der Waals surface area contributed by atoms with Crippen molar-refractivity contribution in [3.63, 3.8) is 0 Å². The lowest BCUT2D eigenvalue weighted by molar-refractivity contribution is 0.457. The predicted molar refractivity (Wildman–Crippen MR) is 77.3 cm³/mol. The van der Waals surface area contributed by atoms with Crippen LogP contribution in [0.1, 0.15) is 5.56 Å². The maximum absolute atomic E-state index is 13.5. The maximum atomic E-state index is 13.5. The number of nitrogens with zero attached hydrogens (tertiary/aromatic N) is 3. The van der Waals surface area contributed by atoms with Gasteiger partial charge in [0.15, 0.2) is 5.82 Å². The van der Waals surface area contributed by atoms with E-state index in [0.29, 0.717) is 28.7 Å². The van der Waals surface area contributed by atoms with Crippen LogP contribution in [0.4, 0.5) is 14.6 Å². The average molecular weight is 302 g/mol. The van der Waals surface area contributed by atoms with Crippen molar-refractivity contribution in [2.24, 2.45) is 0 Å². The van der Waals surface area contributed by atoms with Crippen LogP contribution >= 0.6 is 0 Å². The Balaban J connectivity index is 1.79. The third kappa shape index (κ3) is 2.88. The fourth-order valence-electron chi connectivity index (χ4n) is 1.81. The first-order valence-corrected chi connectivity index (χ1v) is 6.48. The van der Waals surface area contributed by atoms with E-state index in [4.69, 9.17) is 4.74 Å². The SMILES string of the molecule is Cc1cnc(-n2ccc(Oc3ccc(NF)cc3)n2)cc1F. The van der Waals surface area contributed by atoms with Crippen LogP contribution in [0.2, 0.25) is 0 Å². The van der Waals surface area contributed by atoms with Crippen LogP contribution in [0, 0.1) is 12.7 Å². The number of nitrogens with one attached hydrogen (secondary N) is 1. The van der Waals surface area contributed by atoms with Crippen molar-refractivity contribution in [2.75, 3.05) is 5.54 Å². The van der Waals surface area contributed by atoms with Crippen LogP contribution in [0.5, 0.6) is 11.6 Å². The quantitative estimate of drug-likeness (QED) is 0.745. The molecule has 0 bridgehead atoms. The van der Waals surface area contributed by atoms with E-state index in [0.717, 1.165) is 0 Å². The number of pyridine rings is 1. The van der Waals surface area contributed by atoms with Gasteiger partial charge < -0.3 is 4.74 Å². The van der Waals surface area contributed by atoms with E-state index < -0.39 is 0 Å². The van der Waals surface area contributed by atoms with Crippen LogP contribution in [0.25, 0.3) is 5.82 Å². The average Bonchev–Trinajstić information content (AvgIpc) is 2.99. The highest BCUT2D eigenvalue weighted by Crippen LogP contribution is 2.22. The summed E-state index contributed by atoms with van der Waals surface area (Å²) in [5, 5.41) is 4.16. The summed E-state index contributed by atoms with van der Waals surface area (Å²) in [4.78, 5) is 4.11. The maximum Gasteiger partial charge on any atom is 0.238 e. The summed E-state index contributed by atoms with van der Waals surface area (Å²) in [5.41, 5.74) is 2.33. The molecule has 1 N–H and O–H groups in total. The van der Waals surface area contributed by atoms with Gasteiger partial charge in [0.25, 0.3) is 0 Å². The summed E-state index contributed by atoms with van der Waals surface area (Å²) in [6, 6.07) is 9.19. The Morgan fingerprint density at radius 2 is 1.95 bits per heavy atom. The minimum absolute atomic E-state index is 0.323. The fraction of sp³-hybridized carbons (Fsp3) is 0.0667. The Kier molecular flexibility index (Phi) is 3.69. The first-order valence-electron chi connectivity index (χ1n) is 6.48. The number of benzene rings is 1. The molecule has 0 aliphatic carbocycles. The van der Waals surface area contributed by atoms with E-state index in [1.54, 1.807) is 31.3 Å². The molecule has 0 amide bonds. The van der Waals surface area contributed by atoms with Crippen LogP contribution < -0.4 is 10.3 Å². The lowest BCUT2D eigenvalue weighted by Gasteiger charge is -2.04. The molecule has 2 heterocycles. The predicted octanol–water partition coefficient (Wildman–Crippen LogP) is 3.80. The minimum atomic E-state index is -0.350. The lowest BCUT2D eigenvalue weighted by atomic mass is 10.3. The van der Waals surface area contributed by atoms with Crippen LogP contribution in [-0.4, -0.2) is 14.8 Å². The van der Waals surface area contributed by atoms with Crippen molar-refractivity contribution in [3.8, 4) is 17.4 Å². The van der Waals surface area contributed by atoms with Gasteiger partial charge in [-0.25, -0.2) is 19.6 Å². The van der Waals surface area contributed by atoms with E-state index in [2.05, 4.69) is 10.1 Å². The first kappa shape index (κ1) is 14.0. The van der Waals surface area contributed by atoms with Crippen molar-refractivity contribution >= 4 is 5.69 Å². The molecule has 3 aromatic rings. The molecular formula is C15H12F2N4O. The van der Waals surface area contributed by atoms with Crippen molar-refractivity contribution in [1.29, 1.82) is 0 Å². The number of rotatable bonds is 4. The molecule has 0 spiro atoms. The summed E-state index contributed by atoms with van der Waals surface area (Å²) in [7, 11) is 0. The zero-order valence-corrected chi connectivity index (χ0v) is 11.6. The van der Waals surface area contributed by atoms with Gasteiger partial charge in [0.1, 0.15) is 11.6 Å². The van der Waals surface area contributed by atoms with Gasteiger partial charge in [-0.1, -0.05) is 0 Å². The number of halogens is 2. The highest BCUT2D eigenvalue weighted by Gasteiger charge is 2.07. The standard InChI is InChI=1S/C15H12F2N4O/c1-10-9-18-14(8-13(10)16)21-7-6-15(20-21)22-12-4-2-11(19-17)3-5-12/h2-9,19H,1H3. The first-order chi connectivity index (χ1) is 10.7. The molecule has 5 nitrogen and oxygen atoms in total. The summed E-state index contributed by atoms with van der Waals surface area (Å²) >= 11 is 0. The van der Waals surface area contributed by atoms with Gasteiger partial charge in [0, 0.05) is 30.1 Å². The Bertz CT molecular complexity index is 786. The number of aromatic nitrogens is 3. The second-order valence-corrected chi connectivity index (χ2v) is 4.61. The zero-order valence-electron chi connectivity index (χ0n) is 11.6. The second-order valence-electron chi connectivity index (χ2n) is 4.61. The minimum Gasteiger partial charge on any atom is -0.438 e.